The van der Waals surface area contributed by atoms with E-state index in [0.29, 0.717) is 6.04 Å². The molecule has 0 radical (unpaired) electrons. The van der Waals surface area contributed by atoms with E-state index in [4.69, 9.17) is 4.74 Å². The molecule has 5 heteroatoms. The molecule has 2 rings (SSSR count). The number of nitrogens with zero attached hydrogens (tertiary/aromatic N) is 2. The molecule has 1 saturated heterocycles. The van der Waals surface area contributed by atoms with Crippen molar-refractivity contribution < 1.29 is 4.74 Å². The lowest BCUT2D eigenvalue weighted by Crippen LogP contribution is -2.47. The predicted octanol–water partition coefficient (Wildman–Crippen LogP) is 0.939. The molecule has 1 aliphatic rings. The number of likely N-dealkylation sites (tertiary alicyclic amines) is 1. The molecule has 1 aromatic heterocycles. The van der Waals surface area contributed by atoms with Crippen LogP contribution in [0.3, 0.4) is 0 Å². The van der Waals surface area contributed by atoms with Crippen molar-refractivity contribution in [2.45, 2.75) is 31.8 Å². The Balaban J connectivity index is 1.81. The van der Waals surface area contributed by atoms with E-state index in [-0.39, 0.29) is 5.56 Å². The molecule has 0 aliphatic carbocycles. The average molecular weight is 293 g/mol. The summed E-state index contributed by atoms with van der Waals surface area (Å²) >= 11 is 0. The van der Waals surface area contributed by atoms with Crippen LogP contribution < -0.4 is 10.9 Å². The summed E-state index contributed by atoms with van der Waals surface area (Å²) in [6, 6.07) is 5.92. The molecular formula is C16H27N3O2. The Hall–Kier alpha value is -1.17. The van der Waals surface area contributed by atoms with E-state index < -0.39 is 0 Å². The van der Waals surface area contributed by atoms with E-state index in [9.17, 15) is 4.79 Å². The van der Waals surface area contributed by atoms with Crippen LogP contribution in [-0.2, 0) is 11.3 Å². The zero-order chi connectivity index (χ0) is 14.9. The molecular weight excluding hydrogens is 266 g/mol. The van der Waals surface area contributed by atoms with Gasteiger partial charge in [0.05, 0.1) is 6.61 Å². The second kappa shape index (κ2) is 8.97. The molecule has 5 nitrogen and oxygen atoms in total. The summed E-state index contributed by atoms with van der Waals surface area (Å²) in [5.41, 5.74) is 0.0873. The van der Waals surface area contributed by atoms with Crippen molar-refractivity contribution in [1.29, 1.82) is 0 Å². The van der Waals surface area contributed by atoms with Gasteiger partial charge in [-0.25, -0.2) is 0 Å². The first kappa shape index (κ1) is 16.2. The molecule has 1 aromatic rings. The van der Waals surface area contributed by atoms with Crippen molar-refractivity contribution in [3.63, 3.8) is 0 Å². The molecule has 0 spiro atoms. The van der Waals surface area contributed by atoms with Gasteiger partial charge >= 0.3 is 0 Å². The first-order chi connectivity index (χ1) is 10.3. The summed E-state index contributed by atoms with van der Waals surface area (Å²) in [6.45, 7) is 5.52. The van der Waals surface area contributed by atoms with Gasteiger partial charge in [-0.3, -0.25) is 9.69 Å². The number of piperidine rings is 1. The Morgan fingerprint density at radius 1 is 1.33 bits per heavy atom. The molecule has 1 unspecified atom stereocenters. The highest BCUT2D eigenvalue weighted by Crippen LogP contribution is 2.16. The number of rotatable bonds is 8. The fraction of sp³-hybridized carbons (Fsp3) is 0.688. The Morgan fingerprint density at radius 3 is 3.05 bits per heavy atom. The Morgan fingerprint density at radius 2 is 2.24 bits per heavy atom. The van der Waals surface area contributed by atoms with Crippen LogP contribution in [0.1, 0.15) is 19.3 Å². The molecule has 21 heavy (non-hydrogen) atoms. The van der Waals surface area contributed by atoms with Crippen LogP contribution in [0, 0.1) is 0 Å². The summed E-state index contributed by atoms with van der Waals surface area (Å²) < 4.78 is 6.86. The van der Waals surface area contributed by atoms with Gasteiger partial charge in [0.15, 0.2) is 0 Å². The van der Waals surface area contributed by atoms with Crippen molar-refractivity contribution in [1.82, 2.24) is 14.8 Å². The topological polar surface area (TPSA) is 46.5 Å². The van der Waals surface area contributed by atoms with Crippen molar-refractivity contribution in [3.8, 4) is 0 Å². The van der Waals surface area contributed by atoms with Crippen molar-refractivity contribution >= 4 is 0 Å². The molecule has 0 saturated carbocycles. The minimum Gasteiger partial charge on any atom is -0.383 e. The van der Waals surface area contributed by atoms with Crippen LogP contribution in [0.25, 0.3) is 0 Å². The van der Waals surface area contributed by atoms with Crippen LogP contribution in [0.15, 0.2) is 29.2 Å². The predicted molar refractivity (Wildman–Crippen MR) is 84.7 cm³/mol. The number of aromatic nitrogens is 1. The van der Waals surface area contributed by atoms with Gasteiger partial charge in [0.1, 0.15) is 0 Å². The average Bonchev–Trinajstić information content (AvgIpc) is 2.52. The second-order valence-corrected chi connectivity index (χ2v) is 5.61. The highest BCUT2D eigenvalue weighted by atomic mass is 16.5. The summed E-state index contributed by atoms with van der Waals surface area (Å²) in [7, 11) is 1.73. The first-order valence-electron chi connectivity index (χ1n) is 7.90. The first-order valence-corrected chi connectivity index (χ1v) is 7.90. The van der Waals surface area contributed by atoms with Gasteiger partial charge in [0.25, 0.3) is 5.56 Å². The Labute approximate surface area is 126 Å². The summed E-state index contributed by atoms with van der Waals surface area (Å²) in [5, 5.41) is 3.46. The lowest BCUT2D eigenvalue weighted by molar-refractivity contribution is 0.135. The molecule has 1 aliphatic heterocycles. The lowest BCUT2D eigenvalue weighted by Gasteiger charge is -2.36. The zero-order valence-electron chi connectivity index (χ0n) is 13.0. The van der Waals surface area contributed by atoms with Crippen LogP contribution in [0.2, 0.25) is 0 Å². The molecule has 1 N–H and O–H groups in total. The molecule has 1 atom stereocenters. The van der Waals surface area contributed by atoms with Crippen molar-refractivity contribution in [2.75, 3.05) is 39.9 Å². The third kappa shape index (κ3) is 5.26. The second-order valence-electron chi connectivity index (χ2n) is 5.61. The standard InChI is InChI=1S/C16H27N3O2/c1-21-13-8-17-14-15-6-2-4-9-18(15)11-12-19-10-5-3-7-16(19)20/h3,5,7,10,15,17H,2,4,6,8-9,11-14H2,1H3. The fourth-order valence-electron chi connectivity index (χ4n) is 2.91. The molecule has 0 bridgehead atoms. The summed E-state index contributed by atoms with van der Waals surface area (Å²) in [4.78, 5) is 14.3. The smallest absolute Gasteiger partial charge is 0.250 e. The Kier molecular flexibility index (Phi) is 6.92. The minimum atomic E-state index is 0.0873. The van der Waals surface area contributed by atoms with E-state index in [1.807, 2.05) is 12.3 Å². The van der Waals surface area contributed by atoms with Crippen LogP contribution in [-0.4, -0.2) is 55.4 Å². The maximum atomic E-state index is 11.7. The maximum Gasteiger partial charge on any atom is 0.250 e. The normalized spacial score (nSPS) is 19.8. The van der Waals surface area contributed by atoms with Crippen LogP contribution in [0.5, 0.6) is 0 Å². The third-order valence-electron chi connectivity index (χ3n) is 4.14. The Bertz CT molecular complexity index is 461. The van der Waals surface area contributed by atoms with Crippen LogP contribution in [0.4, 0.5) is 0 Å². The molecule has 1 fully saturated rings. The van der Waals surface area contributed by atoms with Crippen molar-refractivity contribution in [2.24, 2.45) is 0 Å². The third-order valence-corrected chi connectivity index (χ3v) is 4.14. The van der Waals surface area contributed by atoms with E-state index in [2.05, 4.69) is 10.2 Å². The number of nitrogens with one attached hydrogen (secondary N) is 1. The summed E-state index contributed by atoms with van der Waals surface area (Å²) in [5.74, 6) is 0. The largest absolute Gasteiger partial charge is 0.383 e. The molecule has 2 heterocycles. The van der Waals surface area contributed by atoms with E-state index in [0.717, 1.165) is 39.3 Å². The highest BCUT2D eigenvalue weighted by Gasteiger charge is 2.21. The van der Waals surface area contributed by atoms with Gasteiger partial charge in [0.2, 0.25) is 0 Å². The maximum absolute atomic E-state index is 11.7. The van der Waals surface area contributed by atoms with Gasteiger partial charge in [0, 0.05) is 51.6 Å². The number of ether oxygens (including phenoxy) is 1. The van der Waals surface area contributed by atoms with E-state index in [1.54, 1.807) is 23.8 Å². The van der Waals surface area contributed by atoms with Gasteiger partial charge < -0.3 is 14.6 Å². The van der Waals surface area contributed by atoms with E-state index >= 15 is 0 Å². The monoisotopic (exact) mass is 293 g/mol. The number of pyridine rings is 1. The van der Waals surface area contributed by atoms with Gasteiger partial charge in [-0.1, -0.05) is 12.5 Å². The number of hydrogen-bond donors (Lipinski definition) is 1. The molecule has 0 aromatic carbocycles. The molecule has 0 amide bonds. The van der Waals surface area contributed by atoms with Crippen molar-refractivity contribution in [3.05, 3.63) is 34.7 Å². The minimum absolute atomic E-state index is 0.0873. The quantitative estimate of drug-likeness (QED) is 0.725. The van der Waals surface area contributed by atoms with Crippen LogP contribution >= 0.6 is 0 Å². The van der Waals surface area contributed by atoms with Gasteiger partial charge in [-0.15, -0.1) is 0 Å². The SMILES string of the molecule is COCCNCC1CCCCN1CCn1ccccc1=O. The number of methoxy groups -OCH3 is 1. The lowest BCUT2D eigenvalue weighted by atomic mass is 10.0. The van der Waals surface area contributed by atoms with Gasteiger partial charge in [-0.2, -0.15) is 0 Å². The highest BCUT2D eigenvalue weighted by molar-refractivity contribution is 4.93. The van der Waals surface area contributed by atoms with Gasteiger partial charge in [-0.05, 0) is 25.5 Å². The molecule has 118 valence electrons. The van der Waals surface area contributed by atoms with E-state index in [1.165, 1.54) is 19.3 Å². The fourth-order valence-corrected chi connectivity index (χ4v) is 2.91. The summed E-state index contributed by atoms with van der Waals surface area (Å²) in [6.07, 6.45) is 5.68. The number of hydrogen-bond acceptors (Lipinski definition) is 4. The zero-order valence-corrected chi connectivity index (χ0v) is 13.0.